The summed E-state index contributed by atoms with van der Waals surface area (Å²) >= 11 is 6.28. The van der Waals surface area contributed by atoms with Gasteiger partial charge in [0.15, 0.2) is 0 Å². The first-order valence-corrected chi connectivity index (χ1v) is 10.6. The van der Waals surface area contributed by atoms with Gasteiger partial charge in [0.05, 0.1) is 17.0 Å². The van der Waals surface area contributed by atoms with Crippen LogP contribution in [0.4, 0.5) is 15.8 Å². The van der Waals surface area contributed by atoms with E-state index in [1.807, 2.05) is 0 Å². The average Bonchev–Trinajstić information content (AvgIpc) is 3.12. The number of nitrogens with zero attached hydrogens (tertiary/aromatic N) is 3. The first kappa shape index (κ1) is 23.1. The topological polar surface area (TPSA) is 101 Å². The Kier molecular flexibility index (Phi) is 6.38. The number of benzene rings is 3. The fourth-order valence-corrected chi connectivity index (χ4v) is 3.94. The number of imide groups is 1. The first-order valence-electron chi connectivity index (χ1n) is 10.2. The van der Waals surface area contributed by atoms with Gasteiger partial charge in [0.25, 0.3) is 17.5 Å². The van der Waals surface area contributed by atoms with Crippen molar-refractivity contribution in [2.75, 3.05) is 4.90 Å². The van der Waals surface area contributed by atoms with E-state index in [1.165, 1.54) is 41.3 Å². The van der Waals surface area contributed by atoms with Crippen LogP contribution in [0.2, 0.25) is 5.02 Å². The molecule has 0 spiro atoms. The number of rotatable bonds is 6. The highest BCUT2D eigenvalue weighted by Crippen LogP contribution is 2.29. The monoisotopic (exact) mass is 481 g/mol. The molecule has 8 nitrogen and oxygen atoms in total. The fraction of sp³-hybridized carbons (Fsp3) is 0.125. The first-order chi connectivity index (χ1) is 16.3. The van der Waals surface area contributed by atoms with Gasteiger partial charge in [-0.1, -0.05) is 29.8 Å². The lowest BCUT2D eigenvalue weighted by atomic mass is 10.1. The number of nitro groups is 1. The van der Waals surface area contributed by atoms with Crippen LogP contribution in [0.15, 0.2) is 72.8 Å². The number of hydrogen-bond donors (Lipinski definition) is 0. The summed E-state index contributed by atoms with van der Waals surface area (Å²) in [7, 11) is 0. The third-order valence-electron chi connectivity index (χ3n) is 5.47. The quantitative estimate of drug-likeness (QED) is 0.296. The van der Waals surface area contributed by atoms with Crippen LogP contribution in [0.1, 0.15) is 22.3 Å². The molecule has 34 heavy (non-hydrogen) atoms. The molecule has 3 aromatic carbocycles. The highest BCUT2D eigenvalue weighted by atomic mass is 35.5. The second-order valence-corrected chi connectivity index (χ2v) is 8.00. The van der Waals surface area contributed by atoms with E-state index in [0.29, 0.717) is 10.6 Å². The van der Waals surface area contributed by atoms with E-state index < -0.39 is 34.5 Å². The summed E-state index contributed by atoms with van der Waals surface area (Å²) in [6.45, 7) is -0.0730. The van der Waals surface area contributed by atoms with Gasteiger partial charge in [-0.3, -0.25) is 24.5 Å². The number of hydrogen-bond acceptors (Lipinski definition) is 5. The molecule has 0 bridgehead atoms. The number of halogens is 2. The van der Waals surface area contributed by atoms with Crippen molar-refractivity contribution in [1.29, 1.82) is 0 Å². The standard InChI is InChI=1S/C24H17ClFN3O5/c25-20-4-2-1-3-16(20)14-27(23(31)15-5-9-19(10-6-15)29(33)34)21-13-22(30)28(24(21)32)18-11-7-17(26)8-12-18/h1-12,21H,13-14H2. The zero-order valence-corrected chi connectivity index (χ0v) is 18.3. The Labute approximate surface area is 198 Å². The van der Waals surface area contributed by atoms with Gasteiger partial charge in [-0.15, -0.1) is 0 Å². The molecule has 3 amide bonds. The van der Waals surface area contributed by atoms with Crippen LogP contribution in [-0.4, -0.2) is 33.6 Å². The van der Waals surface area contributed by atoms with Crippen LogP contribution >= 0.6 is 11.6 Å². The molecule has 0 aliphatic carbocycles. The molecule has 0 saturated carbocycles. The summed E-state index contributed by atoms with van der Waals surface area (Å²) in [4.78, 5) is 52.0. The molecule has 1 atom stereocenters. The highest BCUT2D eigenvalue weighted by molar-refractivity contribution is 6.31. The molecule has 3 aromatic rings. The Hall–Kier alpha value is -4.11. The van der Waals surface area contributed by atoms with E-state index in [9.17, 15) is 28.9 Å². The minimum absolute atomic E-state index is 0.0730. The zero-order valence-electron chi connectivity index (χ0n) is 17.6. The van der Waals surface area contributed by atoms with Crippen LogP contribution in [-0.2, 0) is 16.1 Å². The highest BCUT2D eigenvalue weighted by Gasteiger charge is 2.44. The summed E-state index contributed by atoms with van der Waals surface area (Å²) in [5.41, 5.74) is 0.668. The molecule has 0 aromatic heterocycles. The molecule has 4 rings (SSSR count). The number of carbonyl (C=O) groups excluding carboxylic acids is 3. The number of non-ortho nitro benzene ring substituents is 1. The molecule has 172 valence electrons. The maximum atomic E-state index is 13.5. The predicted octanol–water partition coefficient (Wildman–Crippen LogP) is 4.36. The maximum absolute atomic E-state index is 13.5. The normalized spacial score (nSPS) is 15.5. The van der Waals surface area contributed by atoms with Crippen LogP contribution < -0.4 is 4.90 Å². The molecule has 1 fully saturated rings. The SMILES string of the molecule is O=C1CC(N(Cc2ccccc2Cl)C(=O)c2ccc([N+](=O)[O-])cc2)C(=O)N1c1ccc(F)cc1. The summed E-state index contributed by atoms with van der Waals surface area (Å²) in [5, 5.41) is 11.3. The summed E-state index contributed by atoms with van der Waals surface area (Å²) in [6, 6.07) is 15.5. The third kappa shape index (κ3) is 4.51. The van der Waals surface area contributed by atoms with E-state index in [1.54, 1.807) is 24.3 Å². The average molecular weight is 482 g/mol. The van der Waals surface area contributed by atoms with Crippen LogP contribution in [0.3, 0.4) is 0 Å². The smallest absolute Gasteiger partial charge is 0.269 e. The predicted molar refractivity (Wildman–Crippen MR) is 122 cm³/mol. The van der Waals surface area contributed by atoms with Gasteiger partial charge in [0.1, 0.15) is 11.9 Å². The van der Waals surface area contributed by atoms with Crippen molar-refractivity contribution in [2.24, 2.45) is 0 Å². The van der Waals surface area contributed by atoms with Crippen molar-refractivity contribution in [3.8, 4) is 0 Å². The largest absolute Gasteiger partial charge is 0.322 e. The summed E-state index contributed by atoms with van der Waals surface area (Å²) in [6.07, 6.45) is -0.278. The van der Waals surface area contributed by atoms with E-state index in [0.717, 1.165) is 17.0 Å². The van der Waals surface area contributed by atoms with E-state index in [2.05, 4.69) is 0 Å². The lowest BCUT2D eigenvalue weighted by Gasteiger charge is -2.28. The van der Waals surface area contributed by atoms with Crippen molar-refractivity contribution in [2.45, 2.75) is 19.0 Å². The van der Waals surface area contributed by atoms with Gasteiger partial charge in [-0.2, -0.15) is 0 Å². The van der Waals surface area contributed by atoms with Gasteiger partial charge in [0.2, 0.25) is 5.91 Å². The van der Waals surface area contributed by atoms with E-state index in [-0.39, 0.29) is 29.9 Å². The maximum Gasteiger partial charge on any atom is 0.269 e. The number of carbonyl (C=O) groups is 3. The number of amides is 3. The van der Waals surface area contributed by atoms with Gasteiger partial charge < -0.3 is 4.90 Å². The fourth-order valence-electron chi connectivity index (χ4n) is 3.75. The van der Waals surface area contributed by atoms with Crippen molar-refractivity contribution < 1.29 is 23.7 Å². The van der Waals surface area contributed by atoms with Crippen molar-refractivity contribution in [3.05, 3.63) is 105 Å². The van der Waals surface area contributed by atoms with Crippen molar-refractivity contribution in [1.82, 2.24) is 4.90 Å². The van der Waals surface area contributed by atoms with E-state index in [4.69, 9.17) is 11.6 Å². The molecular formula is C24H17ClFN3O5. The molecule has 0 N–H and O–H groups in total. The van der Waals surface area contributed by atoms with Gasteiger partial charge >= 0.3 is 0 Å². The molecule has 0 radical (unpaired) electrons. The Morgan fingerprint density at radius 1 is 1.06 bits per heavy atom. The summed E-state index contributed by atoms with van der Waals surface area (Å²) < 4.78 is 13.3. The lowest BCUT2D eigenvalue weighted by molar-refractivity contribution is -0.384. The molecular weight excluding hydrogens is 465 g/mol. The minimum Gasteiger partial charge on any atom is -0.322 e. The second-order valence-electron chi connectivity index (χ2n) is 7.59. The zero-order chi connectivity index (χ0) is 24.4. The van der Waals surface area contributed by atoms with E-state index >= 15 is 0 Å². The van der Waals surface area contributed by atoms with Crippen LogP contribution in [0, 0.1) is 15.9 Å². The van der Waals surface area contributed by atoms with Crippen molar-refractivity contribution in [3.63, 3.8) is 0 Å². The molecule has 1 aliphatic heterocycles. The lowest BCUT2D eigenvalue weighted by Crippen LogP contribution is -2.45. The van der Waals surface area contributed by atoms with Gasteiger partial charge in [-0.25, -0.2) is 9.29 Å². The molecule has 1 unspecified atom stereocenters. The Bertz CT molecular complexity index is 1280. The van der Waals surface area contributed by atoms with Crippen LogP contribution in [0.5, 0.6) is 0 Å². The van der Waals surface area contributed by atoms with Gasteiger partial charge in [-0.05, 0) is 48.0 Å². The second kappa shape index (κ2) is 9.40. The molecule has 1 heterocycles. The van der Waals surface area contributed by atoms with Crippen molar-refractivity contribution >= 4 is 40.7 Å². The molecule has 1 aliphatic rings. The summed E-state index contributed by atoms with van der Waals surface area (Å²) in [5.74, 6) is -2.30. The Morgan fingerprint density at radius 2 is 1.71 bits per heavy atom. The number of anilines is 1. The minimum atomic E-state index is -1.14. The molecule has 10 heteroatoms. The number of nitro benzene ring substituents is 1. The third-order valence-corrected chi connectivity index (χ3v) is 5.84. The Morgan fingerprint density at radius 3 is 2.32 bits per heavy atom. The molecule has 1 saturated heterocycles. The van der Waals surface area contributed by atoms with Gasteiger partial charge in [0, 0.05) is 29.3 Å². The van der Waals surface area contributed by atoms with Crippen LogP contribution in [0.25, 0.3) is 0 Å². The Balaban J connectivity index is 1.70.